The SMILES string of the molecule is CC1(C)c2ccccc2-c2c1cc1ccccc1c2Nc1ccc(-c2ccccc2-c2ccccc2)cc1. The minimum atomic E-state index is -0.0443. The van der Waals surface area contributed by atoms with Crippen molar-refractivity contribution < 1.29 is 0 Å². The van der Waals surface area contributed by atoms with Crippen LogP contribution in [0, 0.1) is 0 Å². The van der Waals surface area contributed by atoms with E-state index < -0.39 is 0 Å². The van der Waals surface area contributed by atoms with Gasteiger partial charge in [-0.15, -0.1) is 0 Å². The van der Waals surface area contributed by atoms with Crippen LogP contribution >= 0.6 is 0 Å². The van der Waals surface area contributed by atoms with Crippen LogP contribution in [0.4, 0.5) is 11.4 Å². The van der Waals surface area contributed by atoms with Crippen LogP contribution < -0.4 is 5.32 Å². The minimum Gasteiger partial charge on any atom is -0.355 e. The van der Waals surface area contributed by atoms with Gasteiger partial charge in [-0.1, -0.05) is 129 Å². The zero-order valence-corrected chi connectivity index (χ0v) is 21.7. The molecule has 0 aliphatic heterocycles. The third kappa shape index (κ3) is 3.55. The van der Waals surface area contributed by atoms with Crippen molar-refractivity contribution in [2.24, 2.45) is 0 Å². The van der Waals surface area contributed by atoms with Gasteiger partial charge in [-0.25, -0.2) is 0 Å². The molecule has 1 aliphatic carbocycles. The highest BCUT2D eigenvalue weighted by Crippen LogP contribution is 2.54. The van der Waals surface area contributed by atoms with Crippen molar-refractivity contribution in [2.45, 2.75) is 19.3 Å². The molecule has 6 aromatic rings. The van der Waals surface area contributed by atoms with Crippen LogP contribution in [0.5, 0.6) is 0 Å². The highest BCUT2D eigenvalue weighted by atomic mass is 14.9. The highest BCUT2D eigenvalue weighted by Gasteiger charge is 2.37. The average molecular weight is 488 g/mol. The Hall–Kier alpha value is -4.62. The van der Waals surface area contributed by atoms with Gasteiger partial charge in [0.2, 0.25) is 0 Å². The van der Waals surface area contributed by atoms with Gasteiger partial charge >= 0.3 is 0 Å². The molecule has 0 heterocycles. The predicted octanol–water partition coefficient (Wildman–Crippen LogP) is 10.2. The van der Waals surface area contributed by atoms with Crippen molar-refractivity contribution in [1.82, 2.24) is 0 Å². The van der Waals surface area contributed by atoms with Gasteiger partial charge in [-0.2, -0.15) is 0 Å². The van der Waals surface area contributed by atoms with Gasteiger partial charge in [0.25, 0.3) is 0 Å². The predicted molar refractivity (Wildman–Crippen MR) is 162 cm³/mol. The van der Waals surface area contributed by atoms with E-state index in [9.17, 15) is 0 Å². The van der Waals surface area contributed by atoms with E-state index >= 15 is 0 Å². The van der Waals surface area contributed by atoms with Crippen LogP contribution in [0.25, 0.3) is 44.2 Å². The Morgan fingerprint density at radius 1 is 0.500 bits per heavy atom. The number of anilines is 2. The third-order valence-corrected chi connectivity index (χ3v) is 8.07. The fourth-order valence-corrected chi connectivity index (χ4v) is 6.12. The van der Waals surface area contributed by atoms with Gasteiger partial charge in [0.05, 0.1) is 5.69 Å². The third-order valence-electron chi connectivity index (χ3n) is 8.07. The molecule has 0 unspecified atom stereocenters. The van der Waals surface area contributed by atoms with Crippen LogP contribution in [0.3, 0.4) is 0 Å². The second kappa shape index (κ2) is 8.75. The molecule has 0 radical (unpaired) electrons. The molecule has 7 rings (SSSR count). The van der Waals surface area contributed by atoms with Gasteiger partial charge in [0.15, 0.2) is 0 Å². The molecule has 38 heavy (non-hydrogen) atoms. The summed E-state index contributed by atoms with van der Waals surface area (Å²) in [6, 6.07) is 48.1. The van der Waals surface area contributed by atoms with Crippen molar-refractivity contribution in [3.8, 4) is 33.4 Å². The smallest absolute Gasteiger partial charge is 0.0546 e. The zero-order chi connectivity index (χ0) is 25.7. The fraction of sp³-hybridized carbons (Fsp3) is 0.0811. The number of rotatable bonds is 4. The van der Waals surface area contributed by atoms with E-state index in [0.717, 1.165) is 5.69 Å². The maximum atomic E-state index is 3.85. The minimum absolute atomic E-state index is 0.0443. The molecule has 182 valence electrons. The van der Waals surface area contributed by atoms with Gasteiger partial charge in [0.1, 0.15) is 0 Å². The number of hydrogen-bond donors (Lipinski definition) is 1. The van der Waals surface area contributed by atoms with Crippen LogP contribution in [-0.4, -0.2) is 0 Å². The first-order chi connectivity index (χ1) is 18.6. The molecule has 0 amide bonds. The molecule has 1 N–H and O–H groups in total. The van der Waals surface area contributed by atoms with Gasteiger partial charge in [-0.3, -0.25) is 0 Å². The first-order valence-electron chi connectivity index (χ1n) is 13.3. The highest BCUT2D eigenvalue weighted by molar-refractivity contribution is 6.07. The van der Waals surface area contributed by atoms with E-state index in [1.54, 1.807) is 0 Å². The summed E-state index contributed by atoms with van der Waals surface area (Å²) < 4.78 is 0. The lowest BCUT2D eigenvalue weighted by atomic mass is 9.81. The van der Waals surface area contributed by atoms with Crippen molar-refractivity contribution >= 4 is 22.1 Å². The Labute approximate surface area is 224 Å². The number of benzene rings is 6. The second-order valence-electron chi connectivity index (χ2n) is 10.7. The number of fused-ring (bicyclic) bond motifs is 4. The fourth-order valence-electron chi connectivity index (χ4n) is 6.12. The molecular weight excluding hydrogens is 458 g/mol. The summed E-state index contributed by atoms with van der Waals surface area (Å²) in [5.74, 6) is 0. The van der Waals surface area contributed by atoms with Gasteiger partial charge < -0.3 is 5.32 Å². The molecule has 1 heteroatoms. The average Bonchev–Trinajstić information content (AvgIpc) is 3.20. The lowest BCUT2D eigenvalue weighted by molar-refractivity contribution is 0.661. The summed E-state index contributed by atoms with van der Waals surface area (Å²) in [5.41, 5.74) is 12.6. The monoisotopic (exact) mass is 487 g/mol. The molecule has 6 aromatic carbocycles. The van der Waals surface area contributed by atoms with E-state index in [1.165, 1.54) is 61.0 Å². The molecule has 0 saturated carbocycles. The van der Waals surface area contributed by atoms with E-state index in [-0.39, 0.29) is 5.41 Å². The standard InChI is InChI=1S/C37H29N/c1-37(2)33-19-11-10-18-32(33)35-34(37)24-27-14-6-7-17-31(27)36(35)38-28-22-20-26(21-23-28)30-16-9-8-15-29(30)25-12-4-3-5-13-25/h3-24,38H,1-2H3. The summed E-state index contributed by atoms with van der Waals surface area (Å²) in [4.78, 5) is 0. The van der Waals surface area contributed by atoms with E-state index in [1.807, 2.05) is 0 Å². The number of hydrogen-bond acceptors (Lipinski definition) is 1. The maximum absolute atomic E-state index is 3.85. The van der Waals surface area contributed by atoms with Crippen LogP contribution in [0.2, 0.25) is 0 Å². The van der Waals surface area contributed by atoms with E-state index in [0.29, 0.717) is 0 Å². The summed E-state index contributed by atoms with van der Waals surface area (Å²) in [6.07, 6.45) is 0. The molecule has 0 spiro atoms. The summed E-state index contributed by atoms with van der Waals surface area (Å²) in [7, 11) is 0. The molecule has 0 atom stereocenters. The first kappa shape index (κ1) is 22.6. The molecule has 0 fully saturated rings. The summed E-state index contributed by atoms with van der Waals surface area (Å²) in [6.45, 7) is 4.68. The molecule has 0 bridgehead atoms. The molecular formula is C37H29N. The van der Waals surface area contributed by atoms with Crippen molar-refractivity contribution in [3.05, 3.63) is 145 Å². The Kier molecular flexibility index (Phi) is 5.19. The summed E-state index contributed by atoms with van der Waals surface area (Å²) in [5, 5.41) is 6.37. The maximum Gasteiger partial charge on any atom is 0.0546 e. The zero-order valence-electron chi connectivity index (χ0n) is 21.7. The summed E-state index contributed by atoms with van der Waals surface area (Å²) >= 11 is 0. The van der Waals surface area contributed by atoms with Crippen LogP contribution in [0.15, 0.2) is 133 Å². The van der Waals surface area contributed by atoms with Crippen molar-refractivity contribution in [3.63, 3.8) is 0 Å². The Bertz CT molecular complexity index is 1790. The van der Waals surface area contributed by atoms with Gasteiger partial charge in [0, 0.05) is 22.1 Å². The van der Waals surface area contributed by atoms with Gasteiger partial charge in [-0.05, 0) is 62.5 Å². The second-order valence-corrected chi connectivity index (χ2v) is 10.7. The number of nitrogens with one attached hydrogen (secondary N) is 1. The Morgan fingerprint density at radius 3 is 1.82 bits per heavy atom. The largest absolute Gasteiger partial charge is 0.355 e. The quantitative estimate of drug-likeness (QED) is 0.261. The van der Waals surface area contributed by atoms with E-state index in [2.05, 4.69) is 153 Å². The van der Waals surface area contributed by atoms with Crippen molar-refractivity contribution in [2.75, 3.05) is 5.32 Å². The molecule has 1 nitrogen and oxygen atoms in total. The van der Waals surface area contributed by atoms with Crippen molar-refractivity contribution in [1.29, 1.82) is 0 Å². The van der Waals surface area contributed by atoms with Crippen LogP contribution in [0.1, 0.15) is 25.0 Å². The molecule has 1 aliphatic rings. The normalized spacial score (nSPS) is 13.2. The topological polar surface area (TPSA) is 12.0 Å². The van der Waals surface area contributed by atoms with E-state index in [4.69, 9.17) is 0 Å². The Morgan fingerprint density at radius 2 is 1.08 bits per heavy atom. The molecule has 0 saturated heterocycles. The lowest BCUT2D eigenvalue weighted by Gasteiger charge is -2.23. The first-order valence-corrected chi connectivity index (χ1v) is 13.3. The Balaban J connectivity index is 1.33. The molecule has 0 aromatic heterocycles. The lowest BCUT2D eigenvalue weighted by Crippen LogP contribution is -2.15. The van der Waals surface area contributed by atoms with Crippen LogP contribution in [-0.2, 0) is 5.41 Å².